The normalized spacial score (nSPS) is 14.8. The van der Waals surface area contributed by atoms with E-state index < -0.39 is 29.4 Å². The van der Waals surface area contributed by atoms with Crippen LogP contribution in [0.3, 0.4) is 0 Å². The fourth-order valence-electron chi connectivity index (χ4n) is 3.48. The van der Waals surface area contributed by atoms with E-state index in [1.165, 1.54) is 18.2 Å². The van der Waals surface area contributed by atoms with Crippen LogP contribution >= 0.6 is 0 Å². The minimum absolute atomic E-state index is 0.119. The van der Waals surface area contributed by atoms with Gasteiger partial charge in [-0.25, -0.2) is 4.68 Å². The van der Waals surface area contributed by atoms with Crippen molar-refractivity contribution in [3.8, 4) is 5.69 Å². The highest BCUT2D eigenvalue weighted by Gasteiger charge is 2.34. The lowest BCUT2D eigenvalue weighted by atomic mass is 10.1. The van der Waals surface area contributed by atoms with E-state index in [2.05, 4.69) is 15.6 Å². The molecule has 2 aromatic carbocycles. The zero-order chi connectivity index (χ0) is 24.5. The Bertz CT molecular complexity index is 1180. The molecule has 0 radical (unpaired) electrons. The monoisotopic (exact) mass is 485 g/mol. The minimum Gasteiger partial charge on any atom is -0.378 e. The third-order valence-corrected chi connectivity index (χ3v) is 5.11. The number of carbonyl (C=O) groups is 1. The Morgan fingerprint density at radius 2 is 1.65 bits per heavy atom. The van der Waals surface area contributed by atoms with E-state index in [0.29, 0.717) is 32.0 Å². The molecule has 0 spiro atoms. The molecule has 0 atom stereocenters. The van der Waals surface area contributed by atoms with Gasteiger partial charge in [0.15, 0.2) is 5.69 Å². The Hall–Kier alpha value is -3.61. The summed E-state index contributed by atoms with van der Waals surface area (Å²) in [4.78, 5) is 14.5. The number of benzene rings is 2. The number of hydrogen-bond donors (Lipinski definition) is 1. The highest BCUT2D eigenvalue weighted by atomic mass is 19.4. The predicted octanol–water partition coefficient (Wildman–Crippen LogP) is 4.39. The van der Waals surface area contributed by atoms with Gasteiger partial charge in [-0.05, 0) is 30.3 Å². The quantitative estimate of drug-likeness (QED) is 0.555. The Labute approximate surface area is 188 Å². The molecule has 13 heteroatoms. The molecule has 0 aliphatic carbocycles. The number of anilines is 2. The molecule has 1 N–H and O–H groups in total. The first-order chi connectivity index (χ1) is 16.0. The summed E-state index contributed by atoms with van der Waals surface area (Å²) < 4.78 is 85.7. The molecule has 4 rings (SSSR count). The number of para-hydroxylation sites is 1. The van der Waals surface area contributed by atoms with E-state index in [4.69, 9.17) is 4.74 Å². The molecule has 3 aromatic rings. The first kappa shape index (κ1) is 23.5. The van der Waals surface area contributed by atoms with Gasteiger partial charge in [0.25, 0.3) is 5.91 Å². The zero-order valence-corrected chi connectivity index (χ0v) is 17.3. The van der Waals surface area contributed by atoms with Gasteiger partial charge in [0, 0.05) is 13.1 Å². The molecule has 1 aliphatic heterocycles. The maximum atomic E-state index is 13.3. The summed E-state index contributed by atoms with van der Waals surface area (Å²) in [6, 6.07) is 7.54. The number of nitrogens with one attached hydrogen (secondary N) is 1. The number of halogens is 6. The second kappa shape index (κ2) is 8.97. The van der Waals surface area contributed by atoms with Crippen LogP contribution in [0.4, 0.5) is 37.7 Å². The summed E-state index contributed by atoms with van der Waals surface area (Å²) in [5, 5.41) is 9.58. The van der Waals surface area contributed by atoms with Crippen molar-refractivity contribution in [3.05, 3.63) is 65.5 Å². The third-order valence-electron chi connectivity index (χ3n) is 5.11. The largest absolute Gasteiger partial charge is 0.418 e. The number of aromatic nitrogens is 3. The summed E-state index contributed by atoms with van der Waals surface area (Å²) >= 11 is 0. The number of nitrogens with zero attached hydrogens (tertiary/aromatic N) is 4. The lowest BCUT2D eigenvalue weighted by Gasteiger charge is -2.30. The smallest absolute Gasteiger partial charge is 0.378 e. The number of alkyl halides is 6. The molecular formula is C21H17F6N5O2. The van der Waals surface area contributed by atoms with Gasteiger partial charge in [-0.15, -0.1) is 5.10 Å². The maximum Gasteiger partial charge on any atom is 0.418 e. The minimum atomic E-state index is -4.67. The second-order valence-electron chi connectivity index (χ2n) is 7.35. The Balaban J connectivity index is 1.64. The van der Waals surface area contributed by atoms with E-state index >= 15 is 0 Å². The van der Waals surface area contributed by atoms with Crippen molar-refractivity contribution in [2.75, 3.05) is 36.5 Å². The van der Waals surface area contributed by atoms with E-state index in [0.717, 1.165) is 35.1 Å². The molecular weight excluding hydrogens is 468 g/mol. The number of ether oxygens (including phenoxy) is 1. The fourth-order valence-corrected chi connectivity index (χ4v) is 3.48. The second-order valence-corrected chi connectivity index (χ2v) is 7.35. The number of amides is 1. The van der Waals surface area contributed by atoms with Gasteiger partial charge in [-0.3, -0.25) is 4.79 Å². The van der Waals surface area contributed by atoms with Crippen LogP contribution in [0.15, 0.2) is 48.7 Å². The molecule has 1 saturated heterocycles. The van der Waals surface area contributed by atoms with Crippen LogP contribution < -0.4 is 10.2 Å². The van der Waals surface area contributed by atoms with Crippen molar-refractivity contribution in [1.29, 1.82) is 0 Å². The number of hydrogen-bond acceptors (Lipinski definition) is 5. The third kappa shape index (κ3) is 4.98. The average Bonchev–Trinajstić information content (AvgIpc) is 3.29. The number of morpholine rings is 1. The molecule has 0 bridgehead atoms. The van der Waals surface area contributed by atoms with E-state index in [9.17, 15) is 31.1 Å². The molecule has 1 aliphatic rings. The van der Waals surface area contributed by atoms with Crippen LogP contribution in [0.25, 0.3) is 5.69 Å². The van der Waals surface area contributed by atoms with Crippen molar-refractivity contribution in [2.24, 2.45) is 0 Å². The van der Waals surface area contributed by atoms with E-state index in [1.807, 2.05) is 0 Å². The first-order valence-electron chi connectivity index (χ1n) is 9.98. The molecule has 180 valence electrons. The van der Waals surface area contributed by atoms with Crippen LogP contribution in [0.5, 0.6) is 0 Å². The maximum absolute atomic E-state index is 13.3. The van der Waals surface area contributed by atoms with Crippen molar-refractivity contribution in [2.45, 2.75) is 12.4 Å². The van der Waals surface area contributed by atoms with Gasteiger partial charge < -0.3 is 15.0 Å². The van der Waals surface area contributed by atoms with E-state index in [1.54, 1.807) is 4.90 Å². The van der Waals surface area contributed by atoms with Gasteiger partial charge in [0.2, 0.25) is 0 Å². The molecule has 7 nitrogen and oxygen atoms in total. The van der Waals surface area contributed by atoms with Crippen LogP contribution in [0.2, 0.25) is 0 Å². The summed E-state index contributed by atoms with van der Waals surface area (Å²) in [7, 11) is 0. The predicted molar refractivity (Wildman–Crippen MR) is 109 cm³/mol. The SMILES string of the molecule is O=C(Nc1cc(C(F)(F)F)ccc1N1CCOCC1)c1cn(-c2ccccc2C(F)(F)F)nn1. The molecule has 1 fully saturated rings. The highest BCUT2D eigenvalue weighted by Crippen LogP contribution is 2.36. The van der Waals surface area contributed by atoms with Crippen molar-refractivity contribution in [3.63, 3.8) is 0 Å². The molecule has 0 saturated carbocycles. The summed E-state index contributed by atoms with van der Waals surface area (Å²) in [6.45, 7) is 1.53. The van der Waals surface area contributed by atoms with Gasteiger partial charge in [0.1, 0.15) is 0 Å². The Morgan fingerprint density at radius 1 is 0.941 bits per heavy atom. The molecule has 0 unspecified atom stereocenters. The molecule has 1 amide bonds. The Kier molecular flexibility index (Phi) is 6.21. The van der Waals surface area contributed by atoms with Crippen molar-refractivity contribution in [1.82, 2.24) is 15.0 Å². The van der Waals surface area contributed by atoms with Crippen LogP contribution in [0.1, 0.15) is 21.6 Å². The van der Waals surface area contributed by atoms with Crippen LogP contribution in [-0.2, 0) is 17.1 Å². The topological polar surface area (TPSA) is 72.3 Å². The lowest BCUT2D eigenvalue weighted by molar-refractivity contribution is -0.138. The van der Waals surface area contributed by atoms with Crippen LogP contribution in [0, 0.1) is 0 Å². The van der Waals surface area contributed by atoms with Gasteiger partial charge >= 0.3 is 12.4 Å². The summed E-state index contributed by atoms with van der Waals surface area (Å²) in [6.07, 6.45) is -8.34. The number of rotatable bonds is 4. The Morgan fingerprint density at radius 3 is 2.32 bits per heavy atom. The average molecular weight is 485 g/mol. The number of carbonyl (C=O) groups excluding carboxylic acids is 1. The van der Waals surface area contributed by atoms with Crippen molar-refractivity contribution < 1.29 is 35.9 Å². The fraction of sp³-hybridized carbons (Fsp3) is 0.286. The lowest BCUT2D eigenvalue weighted by Crippen LogP contribution is -2.36. The molecule has 34 heavy (non-hydrogen) atoms. The standard InChI is InChI=1S/C21H17F6N5O2/c22-20(23,24)13-5-6-18(31-7-9-34-10-8-31)15(11-13)28-19(33)16-12-32(30-29-16)17-4-2-1-3-14(17)21(25,26)27/h1-6,11-12H,7-10H2,(H,28,33). The zero-order valence-electron chi connectivity index (χ0n) is 17.3. The van der Waals surface area contributed by atoms with Gasteiger partial charge in [-0.1, -0.05) is 17.3 Å². The summed E-state index contributed by atoms with van der Waals surface area (Å²) in [5.74, 6) is -0.926. The van der Waals surface area contributed by atoms with Crippen LogP contribution in [-0.4, -0.2) is 47.2 Å². The van der Waals surface area contributed by atoms with E-state index in [-0.39, 0.29) is 17.1 Å². The van der Waals surface area contributed by atoms with Gasteiger partial charge in [0.05, 0.1) is 47.6 Å². The molecule has 2 heterocycles. The summed E-state index contributed by atoms with van der Waals surface area (Å²) in [5.41, 5.74) is -2.45. The molecule has 1 aromatic heterocycles. The highest BCUT2D eigenvalue weighted by molar-refractivity contribution is 6.04. The van der Waals surface area contributed by atoms with Gasteiger partial charge in [-0.2, -0.15) is 26.3 Å². The van der Waals surface area contributed by atoms with Crippen molar-refractivity contribution >= 4 is 17.3 Å². The first-order valence-corrected chi connectivity index (χ1v) is 9.98.